The molecule has 3 rings (SSSR count). The van der Waals surface area contributed by atoms with E-state index in [0.717, 1.165) is 32.5 Å². The van der Waals surface area contributed by atoms with Gasteiger partial charge in [0, 0.05) is 23.6 Å². The van der Waals surface area contributed by atoms with Crippen molar-refractivity contribution in [2.45, 2.75) is 6.54 Å². The molecule has 0 saturated heterocycles. The summed E-state index contributed by atoms with van der Waals surface area (Å²) in [6.45, 7) is 0.504. The summed E-state index contributed by atoms with van der Waals surface area (Å²) in [6, 6.07) is 14.2. The Morgan fingerprint density at radius 1 is 1.16 bits per heavy atom. The van der Waals surface area contributed by atoms with E-state index in [1.807, 2.05) is 37.4 Å². The number of hydrogen-bond donors (Lipinski definition) is 1. The molecule has 0 fully saturated rings. The van der Waals surface area contributed by atoms with Crippen molar-refractivity contribution in [3.63, 3.8) is 0 Å². The van der Waals surface area contributed by atoms with E-state index in [9.17, 15) is 0 Å². The summed E-state index contributed by atoms with van der Waals surface area (Å²) >= 11 is 3.58. The van der Waals surface area contributed by atoms with E-state index in [-0.39, 0.29) is 0 Å². The second kappa shape index (κ2) is 4.79. The van der Waals surface area contributed by atoms with Gasteiger partial charge in [-0.1, -0.05) is 46.3 Å². The second-order valence-electron chi connectivity index (χ2n) is 4.46. The zero-order chi connectivity index (χ0) is 13.4. The normalized spacial score (nSPS) is 11.1. The van der Waals surface area contributed by atoms with E-state index in [1.165, 1.54) is 0 Å². The summed E-state index contributed by atoms with van der Waals surface area (Å²) in [7, 11) is 2.03. The average Bonchev–Trinajstić information content (AvgIpc) is 2.77. The van der Waals surface area contributed by atoms with Gasteiger partial charge in [-0.05, 0) is 17.7 Å². The number of halogens is 1. The van der Waals surface area contributed by atoms with Gasteiger partial charge in [-0.3, -0.25) is 0 Å². The minimum Gasteiger partial charge on any atom is -0.327 e. The molecule has 1 heterocycles. The maximum Gasteiger partial charge on any atom is 0.142 e. The zero-order valence-electron chi connectivity index (χ0n) is 10.6. The Bertz CT molecular complexity index is 746. The third-order valence-corrected chi connectivity index (χ3v) is 4.02. The molecule has 96 valence electrons. The largest absolute Gasteiger partial charge is 0.327 e. The SMILES string of the molecule is Cn1c(-c2ccccc2Br)nc2c(CN)cccc21. The molecule has 19 heavy (non-hydrogen) atoms. The number of para-hydroxylation sites is 1. The highest BCUT2D eigenvalue weighted by Crippen LogP contribution is 2.30. The first-order valence-corrected chi connectivity index (χ1v) is 6.91. The van der Waals surface area contributed by atoms with Crippen LogP contribution in [0.2, 0.25) is 0 Å². The molecule has 4 heteroatoms. The molecule has 0 unspecified atom stereocenters. The van der Waals surface area contributed by atoms with Crippen LogP contribution in [-0.4, -0.2) is 9.55 Å². The Labute approximate surface area is 120 Å². The van der Waals surface area contributed by atoms with Crippen molar-refractivity contribution in [1.29, 1.82) is 0 Å². The highest BCUT2D eigenvalue weighted by atomic mass is 79.9. The van der Waals surface area contributed by atoms with Crippen LogP contribution in [-0.2, 0) is 13.6 Å². The molecule has 0 amide bonds. The van der Waals surface area contributed by atoms with E-state index >= 15 is 0 Å². The first-order valence-electron chi connectivity index (χ1n) is 6.11. The van der Waals surface area contributed by atoms with E-state index < -0.39 is 0 Å². The number of aryl methyl sites for hydroxylation is 1. The number of rotatable bonds is 2. The molecule has 0 radical (unpaired) electrons. The smallest absolute Gasteiger partial charge is 0.142 e. The fourth-order valence-electron chi connectivity index (χ4n) is 2.32. The highest BCUT2D eigenvalue weighted by Gasteiger charge is 2.13. The van der Waals surface area contributed by atoms with Gasteiger partial charge >= 0.3 is 0 Å². The predicted molar refractivity (Wildman–Crippen MR) is 81.7 cm³/mol. The van der Waals surface area contributed by atoms with Gasteiger partial charge in [-0.2, -0.15) is 0 Å². The van der Waals surface area contributed by atoms with Gasteiger partial charge in [0.2, 0.25) is 0 Å². The summed E-state index contributed by atoms with van der Waals surface area (Å²) in [4.78, 5) is 4.77. The van der Waals surface area contributed by atoms with Gasteiger partial charge in [0.1, 0.15) is 5.82 Å². The topological polar surface area (TPSA) is 43.8 Å². The van der Waals surface area contributed by atoms with Gasteiger partial charge in [0.15, 0.2) is 0 Å². The van der Waals surface area contributed by atoms with Crippen LogP contribution >= 0.6 is 15.9 Å². The van der Waals surface area contributed by atoms with Crippen LogP contribution in [0.1, 0.15) is 5.56 Å². The van der Waals surface area contributed by atoms with Crippen molar-refractivity contribution in [1.82, 2.24) is 9.55 Å². The fraction of sp³-hybridized carbons (Fsp3) is 0.133. The number of benzene rings is 2. The lowest BCUT2D eigenvalue weighted by Gasteiger charge is -2.04. The Hall–Kier alpha value is -1.65. The molecule has 0 bridgehead atoms. The molecule has 0 aliphatic carbocycles. The van der Waals surface area contributed by atoms with Crippen LogP contribution in [0.3, 0.4) is 0 Å². The molecule has 1 aromatic heterocycles. The van der Waals surface area contributed by atoms with Gasteiger partial charge < -0.3 is 10.3 Å². The van der Waals surface area contributed by atoms with Crippen molar-refractivity contribution in [2.75, 3.05) is 0 Å². The lowest BCUT2D eigenvalue weighted by Crippen LogP contribution is -1.97. The second-order valence-corrected chi connectivity index (χ2v) is 5.32. The van der Waals surface area contributed by atoms with E-state index in [0.29, 0.717) is 6.54 Å². The molecule has 2 N–H and O–H groups in total. The standard InChI is InChI=1S/C15H14BrN3/c1-19-13-8-4-5-10(9-17)14(13)18-15(19)11-6-2-3-7-12(11)16/h2-8H,9,17H2,1H3. The Kier molecular flexibility index (Phi) is 3.12. The van der Waals surface area contributed by atoms with Crippen molar-refractivity contribution in [3.8, 4) is 11.4 Å². The van der Waals surface area contributed by atoms with Crippen molar-refractivity contribution < 1.29 is 0 Å². The lowest BCUT2D eigenvalue weighted by atomic mass is 10.2. The molecular formula is C15H14BrN3. The maximum absolute atomic E-state index is 5.79. The molecule has 0 saturated carbocycles. The van der Waals surface area contributed by atoms with Gasteiger partial charge in [-0.25, -0.2) is 4.98 Å². The number of nitrogens with two attached hydrogens (primary N) is 1. The van der Waals surface area contributed by atoms with Crippen molar-refractivity contribution in [3.05, 3.63) is 52.5 Å². The van der Waals surface area contributed by atoms with Gasteiger partial charge in [0.25, 0.3) is 0 Å². The van der Waals surface area contributed by atoms with E-state index in [1.54, 1.807) is 0 Å². The molecule has 3 aromatic rings. The van der Waals surface area contributed by atoms with E-state index in [4.69, 9.17) is 10.7 Å². The Morgan fingerprint density at radius 3 is 2.68 bits per heavy atom. The third kappa shape index (κ3) is 1.97. The Balaban J connectivity index is 2.32. The number of aromatic nitrogens is 2. The summed E-state index contributed by atoms with van der Waals surface area (Å²) in [5.74, 6) is 0.948. The summed E-state index contributed by atoms with van der Waals surface area (Å²) in [5.41, 5.74) is 10.0. The van der Waals surface area contributed by atoms with E-state index in [2.05, 4.69) is 32.6 Å². The molecular weight excluding hydrogens is 302 g/mol. The summed E-state index contributed by atoms with van der Waals surface area (Å²) < 4.78 is 3.15. The van der Waals surface area contributed by atoms with Crippen LogP contribution in [0.15, 0.2) is 46.9 Å². The van der Waals surface area contributed by atoms with Crippen LogP contribution in [0, 0.1) is 0 Å². The first kappa shape index (κ1) is 12.4. The monoisotopic (exact) mass is 315 g/mol. The van der Waals surface area contributed by atoms with Crippen LogP contribution in [0.5, 0.6) is 0 Å². The maximum atomic E-state index is 5.79. The summed E-state index contributed by atoms with van der Waals surface area (Å²) in [5, 5.41) is 0. The number of nitrogens with zero attached hydrogens (tertiary/aromatic N) is 2. The Morgan fingerprint density at radius 2 is 1.95 bits per heavy atom. The fourth-order valence-corrected chi connectivity index (χ4v) is 2.78. The van der Waals surface area contributed by atoms with Gasteiger partial charge in [-0.15, -0.1) is 0 Å². The molecule has 3 nitrogen and oxygen atoms in total. The molecule has 0 aliphatic heterocycles. The number of fused-ring (bicyclic) bond motifs is 1. The van der Waals surface area contributed by atoms with Crippen LogP contribution < -0.4 is 5.73 Å². The molecule has 0 aliphatic rings. The van der Waals surface area contributed by atoms with Crippen LogP contribution in [0.4, 0.5) is 0 Å². The number of hydrogen-bond acceptors (Lipinski definition) is 2. The number of imidazole rings is 1. The quantitative estimate of drug-likeness (QED) is 0.787. The van der Waals surface area contributed by atoms with Crippen molar-refractivity contribution in [2.24, 2.45) is 12.8 Å². The van der Waals surface area contributed by atoms with Gasteiger partial charge in [0.05, 0.1) is 11.0 Å². The molecule has 0 atom stereocenters. The lowest BCUT2D eigenvalue weighted by molar-refractivity contribution is 0.958. The minimum absolute atomic E-state index is 0.504. The average molecular weight is 316 g/mol. The molecule has 2 aromatic carbocycles. The highest BCUT2D eigenvalue weighted by molar-refractivity contribution is 9.10. The third-order valence-electron chi connectivity index (χ3n) is 3.33. The van der Waals surface area contributed by atoms with Crippen LogP contribution in [0.25, 0.3) is 22.4 Å². The summed E-state index contributed by atoms with van der Waals surface area (Å²) in [6.07, 6.45) is 0. The first-order chi connectivity index (χ1) is 9.22. The minimum atomic E-state index is 0.504. The predicted octanol–water partition coefficient (Wildman–Crippen LogP) is 3.46. The van der Waals surface area contributed by atoms with Crippen molar-refractivity contribution >= 4 is 27.0 Å². The zero-order valence-corrected chi connectivity index (χ0v) is 12.2. The molecule has 0 spiro atoms.